The van der Waals surface area contributed by atoms with Gasteiger partial charge in [0.15, 0.2) is 0 Å². The molecular formula is C13H17Cl2F3N2O2S. The van der Waals surface area contributed by atoms with Gasteiger partial charge in [-0.15, -0.1) is 12.4 Å². The molecule has 0 bridgehead atoms. The maximum Gasteiger partial charge on any atom is 0.417 e. The third kappa shape index (κ3) is 4.51. The van der Waals surface area contributed by atoms with Crippen molar-refractivity contribution >= 4 is 34.0 Å². The Bertz CT molecular complexity index is 660. The van der Waals surface area contributed by atoms with Crippen molar-refractivity contribution in [3.8, 4) is 0 Å². The average molecular weight is 393 g/mol. The number of sulfonamides is 1. The zero-order valence-corrected chi connectivity index (χ0v) is 14.4. The molecule has 1 saturated carbocycles. The number of benzene rings is 1. The van der Waals surface area contributed by atoms with Crippen LogP contribution in [0.15, 0.2) is 23.1 Å². The van der Waals surface area contributed by atoms with Crippen LogP contribution in [0.2, 0.25) is 5.02 Å². The van der Waals surface area contributed by atoms with Gasteiger partial charge in [0.05, 0.1) is 10.5 Å². The lowest BCUT2D eigenvalue weighted by atomic mass is 10.0. The smallest absolute Gasteiger partial charge is 0.329 e. The first-order valence-electron chi connectivity index (χ1n) is 6.70. The molecule has 1 aromatic carbocycles. The average Bonchev–Trinajstić information content (AvgIpc) is 2.85. The molecule has 10 heteroatoms. The number of hydrogen-bond acceptors (Lipinski definition) is 3. The number of rotatable bonds is 4. The Labute approximate surface area is 144 Å². The van der Waals surface area contributed by atoms with Gasteiger partial charge in [0.1, 0.15) is 0 Å². The summed E-state index contributed by atoms with van der Waals surface area (Å²) in [6.07, 6.45) is -2.23. The van der Waals surface area contributed by atoms with Gasteiger partial charge >= 0.3 is 6.18 Å². The lowest BCUT2D eigenvalue weighted by Gasteiger charge is -2.29. The number of nitrogens with two attached hydrogens (primary N) is 1. The molecule has 0 unspecified atom stereocenters. The molecule has 0 radical (unpaired) electrons. The number of nitrogens with one attached hydrogen (secondary N) is 1. The monoisotopic (exact) mass is 392 g/mol. The van der Waals surface area contributed by atoms with Crippen molar-refractivity contribution in [1.82, 2.24) is 4.72 Å². The molecule has 0 aliphatic heterocycles. The zero-order valence-electron chi connectivity index (χ0n) is 12.0. The largest absolute Gasteiger partial charge is 0.417 e. The summed E-state index contributed by atoms with van der Waals surface area (Å²) in [6.45, 7) is 0.0428. The van der Waals surface area contributed by atoms with Gasteiger partial charge in [0.25, 0.3) is 0 Å². The van der Waals surface area contributed by atoms with E-state index < -0.39 is 32.2 Å². The lowest BCUT2D eigenvalue weighted by molar-refractivity contribution is -0.139. The first-order valence-corrected chi connectivity index (χ1v) is 8.57. The van der Waals surface area contributed by atoms with Crippen LogP contribution in [0.25, 0.3) is 0 Å². The van der Waals surface area contributed by atoms with Crippen LogP contribution in [-0.4, -0.2) is 20.5 Å². The van der Waals surface area contributed by atoms with E-state index in [1.807, 2.05) is 0 Å². The van der Waals surface area contributed by atoms with Crippen molar-refractivity contribution in [1.29, 1.82) is 0 Å². The minimum Gasteiger partial charge on any atom is -0.329 e. The second-order valence-electron chi connectivity index (χ2n) is 5.44. The Balaban J connectivity index is 0.00000264. The van der Waals surface area contributed by atoms with Crippen LogP contribution in [0.5, 0.6) is 0 Å². The van der Waals surface area contributed by atoms with Crippen molar-refractivity contribution < 1.29 is 21.6 Å². The topological polar surface area (TPSA) is 72.2 Å². The van der Waals surface area contributed by atoms with Gasteiger partial charge in [-0.05, 0) is 31.0 Å². The number of alkyl halides is 3. The van der Waals surface area contributed by atoms with E-state index in [0.29, 0.717) is 18.9 Å². The third-order valence-corrected chi connectivity index (χ3v) is 5.71. The SMILES string of the molecule is Cl.NCC1(NS(=O)(=O)c2ccc(Cl)cc2C(F)(F)F)CCCC1. The lowest BCUT2D eigenvalue weighted by Crippen LogP contribution is -2.51. The van der Waals surface area contributed by atoms with Crippen molar-refractivity contribution in [2.45, 2.75) is 42.3 Å². The number of halogens is 5. The molecule has 1 aliphatic carbocycles. The molecule has 1 aromatic rings. The van der Waals surface area contributed by atoms with E-state index >= 15 is 0 Å². The molecule has 1 fully saturated rings. The molecule has 0 spiro atoms. The number of hydrogen-bond donors (Lipinski definition) is 2. The fourth-order valence-electron chi connectivity index (χ4n) is 2.70. The predicted octanol–water partition coefficient (Wildman–Crippen LogP) is 3.33. The highest BCUT2D eigenvalue weighted by Crippen LogP contribution is 2.37. The summed E-state index contributed by atoms with van der Waals surface area (Å²) in [7, 11) is -4.35. The standard InChI is InChI=1S/C13H16ClF3N2O2S.ClH/c14-9-3-4-11(10(7-9)13(15,16)17)22(20,21)19-12(8-18)5-1-2-6-12;/h3-4,7,19H,1-2,5-6,8,18H2;1H. The first kappa shape index (κ1) is 20.5. The second kappa shape index (κ2) is 7.14. The minimum absolute atomic E-state index is 0. The van der Waals surface area contributed by atoms with Gasteiger partial charge < -0.3 is 5.73 Å². The summed E-state index contributed by atoms with van der Waals surface area (Å²) in [4.78, 5) is -0.830. The van der Waals surface area contributed by atoms with Crippen LogP contribution in [0.4, 0.5) is 13.2 Å². The normalized spacial score (nSPS) is 17.8. The maximum absolute atomic E-state index is 13.1. The van der Waals surface area contributed by atoms with Gasteiger partial charge in [0, 0.05) is 17.1 Å². The molecule has 0 saturated heterocycles. The Morgan fingerprint density at radius 1 is 1.26 bits per heavy atom. The third-order valence-electron chi connectivity index (χ3n) is 3.84. The van der Waals surface area contributed by atoms with E-state index in [1.165, 1.54) is 0 Å². The van der Waals surface area contributed by atoms with Crippen LogP contribution in [0.3, 0.4) is 0 Å². The van der Waals surface area contributed by atoms with Gasteiger partial charge in [-0.2, -0.15) is 13.2 Å². The van der Waals surface area contributed by atoms with Crippen molar-refractivity contribution in [2.24, 2.45) is 5.73 Å². The molecule has 132 valence electrons. The highest BCUT2D eigenvalue weighted by Gasteiger charge is 2.41. The summed E-state index contributed by atoms with van der Waals surface area (Å²) >= 11 is 5.56. The van der Waals surface area contributed by atoms with E-state index in [-0.39, 0.29) is 24.0 Å². The van der Waals surface area contributed by atoms with E-state index in [4.69, 9.17) is 17.3 Å². The summed E-state index contributed by atoms with van der Waals surface area (Å²) in [5.41, 5.74) is 3.48. The van der Waals surface area contributed by atoms with E-state index in [2.05, 4.69) is 4.72 Å². The molecule has 0 atom stereocenters. The fourth-order valence-corrected chi connectivity index (χ4v) is 4.55. The minimum atomic E-state index is -4.82. The summed E-state index contributed by atoms with van der Waals surface area (Å²) in [5, 5.41) is -0.180. The van der Waals surface area contributed by atoms with Crippen LogP contribution in [0, 0.1) is 0 Å². The molecule has 0 amide bonds. The van der Waals surface area contributed by atoms with E-state index in [1.54, 1.807) is 0 Å². The molecule has 2 rings (SSSR count). The van der Waals surface area contributed by atoms with Gasteiger partial charge in [-0.25, -0.2) is 13.1 Å². The summed E-state index contributed by atoms with van der Waals surface area (Å²) in [6, 6.07) is 2.60. The molecule has 3 N–H and O–H groups in total. The van der Waals surface area contributed by atoms with Gasteiger partial charge in [-0.3, -0.25) is 0 Å². The van der Waals surface area contributed by atoms with E-state index in [9.17, 15) is 21.6 Å². The quantitative estimate of drug-likeness (QED) is 0.825. The van der Waals surface area contributed by atoms with Crippen molar-refractivity contribution in [3.05, 3.63) is 28.8 Å². The van der Waals surface area contributed by atoms with Crippen LogP contribution >= 0.6 is 24.0 Å². The Hall–Kier alpha value is -0.540. The fraction of sp³-hybridized carbons (Fsp3) is 0.538. The van der Waals surface area contributed by atoms with Crippen LogP contribution in [0.1, 0.15) is 31.2 Å². The summed E-state index contributed by atoms with van der Waals surface area (Å²) in [5.74, 6) is 0. The van der Waals surface area contributed by atoms with Gasteiger partial charge in [0.2, 0.25) is 10.0 Å². The van der Waals surface area contributed by atoms with Crippen LogP contribution in [-0.2, 0) is 16.2 Å². The first-order chi connectivity index (χ1) is 10.1. The molecule has 23 heavy (non-hydrogen) atoms. The zero-order chi connectivity index (χ0) is 16.6. The molecule has 0 aromatic heterocycles. The Kier molecular flexibility index (Phi) is 6.37. The summed E-state index contributed by atoms with van der Waals surface area (Å²) < 4.78 is 66.4. The van der Waals surface area contributed by atoms with Crippen molar-refractivity contribution in [2.75, 3.05) is 6.54 Å². The molecule has 4 nitrogen and oxygen atoms in total. The van der Waals surface area contributed by atoms with Crippen LogP contribution < -0.4 is 10.5 Å². The van der Waals surface area contributed by atoms with Crippen molar-refractivity contribution in [3.63, 3.8) is 0 Å². The molecule has 1 aliphatic rings. The second-order valence-corrected chi connectivity index (χ2v) is 7.52. The Morgan fingerprint density at radius 2 is 1.83 bits per heavy atom. The maximum atomic E-state index is 13.1. The Morgan fingerprint density at radius 3 is 2.30 bits per heavy atom. The van der Waals surface area contributed by atoms with E-state index in [0.717, 1.165) is 25.0 Å². The highest BCUT2D eigenvalue weighted by atomic mass is 35.5. The highest BCUT2D eigenvalue weighted by molar-refractivity contribution is 7.89. The molecular weight excluding hydrogens is 376 g/mol. The molecule has 0 heterocycles. The van der Waals surface area contributed by atoms with Gasteiger partial charge in [-0.1, -0.05) is 24.4 Å². The predicted molar refractivity (Wildman–Crippen MR) is 84.3 cm³/mol.